The summed E-state index contributed by atoms with van der Waals surface area (Å²) in [4.78, 5) is 4.26. The molecule has 2 aromatic rings. The van der Waals surface area contributed by atoms with Crippen molar-refractivity contribution in [3.8, 4) is 0 Å². The molecule has 0 amide bonds. The van der Waals surface area contributed by atoms with Crippen LogP contribution in [0.5, 0.6) is 0 Å². The van der Waals surface area contributed by atoms with Gasteiger partial charge in [-0.25, -0.2) is 8.42 Å². The fraction of sp³-hybridized carbons (Fsp3) is 0.400. The Labute approximate surface area is 118 Å². The van der Waals surface area contributed by atoms with E-state index in [0.29, 0.717) is 6.42 Å². The zero-order valence-corrected chi connectivity index (χ0v) is 12.0. The van der Waals surface area contributed by atoms with Gasteiger partial charge in [-0.1, -0.05) is 18.6 Å². The Morgan fingerprint density at radius 3 is 2.90 bits per heavy atom. The molecule has 0 aliphatic carbocycles. The normalized spacial score (nSPS) is 23.6. The lowest BCUT2D eigenvalue weighted by molar-refractivity contribution is 0.505. The molecule has 0 saturated carbocycles. The number of hydrogen-bond donors (Lipinski definition) is 1. The SMILES string of the molecule is NC(c1ccc2ncccc2c1)C1CCCCS1(=O)=O. The van der Waals surface area contributed by atoms with Crippen LogP contribution in [0.1, 0.15) is 30.9 Å². The quantitative estimate of drug-likeness (QED) is 0.920. The Morgan fingerprint density at radius 1 is 1.25 bits per heavy atom. The van der Waals surface area contributed by atoms with E-state index in [9.17, 15) is 8.42 Å². The lowest BCUT2D eigenvalue weighted by atomic mass is 9.99. The van der Waals surface area contributed by atoms with E-state index in [0.717, 1.165) is 29.3 Å². The predicted octanol–water partition coefficient (Wildman–Crippen LogP) is 2.20. The maximum Gasteiger partial charge on any atom is 0.155 e. The van der Waals surface area contributed by atoms with Crippen LogP contribution >= 0.6 is 0 Å². The first kappa shape index (κ1) is 13.5. The van der Waals surface area contributed by atoms with E-state index in [-0.39, 0.29) is 5.75 Å². The molecule has 1 fully saturated rings. The van der Waals surface area contributed by atoms with Crippen molar-refractivity contribution in [2.45, 2.75) is 30.6 Å². The number of sulfone groups is 1. The molecule has 2 atom stereocenters. The Balaban J connectivity index is 1.97. The van der Waals surface area contributed by atoms with Gasteiger partial charge in [-0.15, -0.1) is 0 Å². The Kier molecular flexibility index (Phi) is 3.48. The minimum atomic E-state index is -3.06. The highest BCUT2D eigenvalue weighted by atomic mass is 32.2. The number of nitrogens with zero attached hydrogens (tertiary/aromatic N) is 1. The summed E-state index contributed by atoms with van der Waals surface area (Å²) in [5, 5.41) is 0.541. The average molecular weight is 290 g/mol. The van der Waals surface area contributed by atoms with Crippen molar-refractivity contribution in [3.63, 3.8) is 0 Å². The second-order valence-electron chi connectivity index (χ2n) is 5.38. The molecule has 1 aliphatic rings. The van der Waals surface area contributed by atoms with Crippen LogP contribution < -0.4 is 5.73 Å². The van der Waals surface area contributed by atoms with Crippen LogP contribution in [-0.2, 0) is 9.84 Å². The van der Waals surface area contributed by atoms with Crippen LogP contribution in [0.4, 0.5) is 0 Å². The van der Waals surface area contributed by atoms with E-state index < -0.39 is 21.1 Å². The molecule has 3 rings (SSSR count). The molecule has 20 heavy (non-hydrogen) atoms. The number of aromatic nitrogens is 1. The average Bonchev–Trinajstić information content (AvgIpc) is 2.45. The molecule has 0 bridgehead atoms. The summed E-state index contributed by atoms with van der Waals surface area (Å²) in [5.41, 5.74) is 8.01. The van der Waals surface area contributed by atoms with Gasteiger partial charge in [0, 0.05) is 17.6 Å². The molecule has 5 heteroatoms. The van der Waals surface area contributed by atoms with E-state index in [1.807, 2.05) is 30.3 Å². The molecule has 1 aromatic heterocycles. The van der Waals surface area contributed by atoms with E-state index in [2.05, 4.69) is 4.98 Å². The third-order valence-corrected chi connectivity index (χ3v) is 6.35. The number of pyridine rings is 1. The predicted molar refractivity (Wildman–Crippen MR) is 80.1 cm³/mol. The minimum Gasteiger partial charge on any atom is -0.323 e. The maximum absolute atomic E-state index is 12.2. The Bertz CT molecular complexity index is 727. The molecule has 1 aliphatic heterocycles. The lowest BCUT2D eigenvalue weighted by Crippen LogP contribution is -2.37. The number of nitrogens with two attached hydrogens (primary N) is 1. The topological polar surface area (TPSA) is 73.0 Å². The second-order valence-corrected chi connectivity index (χ2v) is 7.72. The molecular formula is C15H18N2O2S. The van der Waals surface area contributed by atoms with Crippen LogP contribution in [0, 0.1) is 0 Å². The van der Waals surface area contributed by atoms with Crippen molar-refractivity contribution in [2.24, 2.45) is 5.73 Å². The third-order valence-electron chi connectivity index (χ3n) is 4.04. The van der Waals surface area contributed by atoms with Gasteiger partial charge in [0.2, 0.25) is 0 Å². The van der Waals surface area contributed by atoms with Gasteiger partial charge in [0.25, 0.3) is 0 Å². The van der Waals surface area contributed by atoms with E-state index in [1.165, 1.54) is 0 Å². The lowest BCUT2D eigenvalue weighted by Gasteiger charge is -2.27. The van der Waals surface area contributed by atoms with Crippen LogP contribution in [0.3, 0.4) is 0 Å². The van der Waals surface area contributed by atoms with Gasteiger partial charge in [0.15, 0.2) is 9.84 Å². The molecular weight excluding hydrogens is 272 g/mol. The van der Waals surface area contributed by atoms with Crippen LogP contribution in [0.25, 0.3) is 10.9 Å². The largest absolute Gasteiger partial charge is 0.323 e. The number of fused-ring (bicyclic) bond motifs is 1. The van der Waals surface area contributed by atoms with Gasteiger partial charge in [-0.2, -0.15) is 0 Å². The van der Waals surface area contributed by atoms with Gasteiger partial charge >= 0.3 is 0 Å². The maximum atomic E-state index is 12.2. The van der Waals surface area contributed by atoms with Gasteiger partial charge < -0.3 is 5.73 Å². The monoisotopic (exact) mass is 290 g/mol. The van der Waals surface area contributed by atoms with Crippen molar-refractivity contribution >= 4 is 20.7 Å². The summed E-state index contributed by atoms with van der Waals surface area (Å²) in [5.74, 6) is 0.264. The number of hydrogen-bond acceptors (Lipinski definition) is 4. The first-order valence-electron chi connectivity index (χ1n) is 6.90. The van der Waals surface area contributed by atoms with E-state index >= 15 is 0 Å². The van der Waals surface area contributed by atoms with E-state index in [4.69, 9.17) is 5.73 Å². The third kappa shape index (κ3) is 2.43. The van der Waals surface area contributed by atoms with Gasteiger partial charge in [-0.3, -0.25) is 4.98 Å². The first-order chi connectivity index (χ1) is 9.58. The fourth-order valence-electron chi connectivity index (χ4n) is 2.90. The molecule has 1 saturated heterocycles. The summed E-state index contributed by atoms with van der Waals surface area (Å²) in [6.45, 7) is 0. The van der Waals surface area contributed by atoms with Crippen molar-refractivity contribution < 1.29 is 8.42 Å². The molecule has 4 nitrogen and oxygen atoms in total. The fourth-order valence-corrected chi connectivity index (χ4v) is 4.94. The van der Waals surface area contributed by atoms with Crippen molar-refractivity contribution in [1.82, 2.24) is 4.98 Å². The summed E-state index contributed by atoms with van der Waals surface area (Å²) in [6.07, 6.45) is 4.10. The molecule has 1 aromatic carbocycles. The van der Waals surface area contributed by atoms with Crippen molar-refractivity contribution in [1.29, 1.82) is 0 Å². The molecule has 0 radical (unpaired) electrons. The Morgan fingerprint density at radius 2 is 2.10 bits per heavy atom. The molecule has 2 N–H and O–H groups in total. The summed E-state index contributed by atoms with van der Waals surface area (Å²) < 4.78 is 24.3. The van der Waals surface area contributed by atoms with Crippen LogP contribution in [0.2, 0.25) is 0 Å². The standard InChI is InChI=1S/C15H18N2O2S/c16-15(14-5-1-2-9-20(14,18)19)12-6-7-13-11(10-12)4-3-8-17-13/h3-4,6-8,10,14-15H,1-2,5,9,16H2. The zero-order chi connectivity index (χ0) is 14.2. The van der Waals surface area contributed by atoms with Crippen molar-refractivity contribution in [3.05, 3.63) is 42.1 Å². The summed E-state index contributed by atoms with van der Waals surface area (Å²) in [6, 6.07) is 9.13. The van der Waals surface area contributed by atoms with Crippen molar-refractivity contribution in [2.75, 3.05) is 5.75 Å². The highest BCUT2D eigenvalue weighted by Gasteiger charge is 2.34. The zero-order valence-electron chi connectivity index (χ0n) is 11.2. The highest BCUT2D eigenvalue weighted by Crippen LogP contribution is 2.30. The first-order valence-corrected chi connectivity index (χ1v) is 8.61. The molecule has 2 unspecified atom stereocenters. The van der Waals surface area contributed by atoms with E-state index in [1.54, 1.807) is 6.20 Å². The number of rotatable bonds is 2. The number of benzene rings is 1. The van der Waals surface area contributed by atoms with Crippen LogP contribution in [-0.4, -0.2) is 24.4 Å². The van der Waals surface area contributed by atoms with Gasteiger partial charge in [0.05, 0.1) is 16.5 Å². The Hall–Kier alpha value is -1.46. The van der Waals surface area contributed by atoms with Gasteiger partial charge in [-0.05, 0) is 36.6 Å². The van der Waals surface area contributed by atoms with Crippen LogP contribution in [0.15, 0.2) is 36.5 Å². The summed E-state index contributed by atoms with van der Waals surface area (Å²) in [7, 11) is -3.06. The molecule has 0 spiro atoms. The molecule has 106 valence electrons. The second kappa shape index (κ2) is 5.14. The smallest absolute Gasteiger partial charge is 0.155 e. The highest BCUT2D eigenvalue weighted by molar-refractivity contribution is 7.92. The van der Waals surface area contributed by atoms with Gasteiger partial charge in [0.1, 0.15) is 0 Å². The summed E-state index contributed by atoms with van der Waals surface area (Å²) >= 11 is 0. The molecule has 2 heterocycles. The minimum absolute atomic E-state index is 0.264.